The molecule has 2 aromatic carbocycles. The summed E-state index contributed by atoms with van der Waals surface area (Å²) in [5.74, 6) is 0.418. The standard InChI is InChI=1S/C19H17BrClN3O2/c1-11-10-12(20)4-7-15(11)23-8-3-9-24-17-13(18(25)26-2)5-6-14(21)16(17)22-19(23)24/h4-7,10H,3,8-9H2,1-2H3. The first kappa shape index (κ1) is 17.4. The van der Waals surface area contributed by atoms with Crippen LogP contribution in [0.15, 0.2) is 34.8 Å². The molecular weight excluding hydrogens is 418 g/mol. The second kappa shape index (κ2) is 6.59. The fourth-order valence-corrected chi connectivity index (χ4v) is 4.19. The second-order valence-corrected chi connectivity index (χ2v) is 7.61. The van der Waals surface area contributed by atoms with Crippen molar-refractivity contribution in [1.29, 1.82) is 0 Å². The Hall–Kier alpha value is -2.05. The summed E-state index contributed by atoms with van der Waals surface area (Å²) in [6.07, 6.45) is 0.946. The number of hydrogen-bond donors (Lipinski definition) is 0. The number of esters is 1. The number of aromatic nitrogens is 2. The van der Waals surface area contributed by atoms with Gasteiger partial charge in [0.1, 0.15) is 5.52 Å². The molecule has 0 saturated carbocycles. The van der Waals surface area contributed by atoms with Gasteiger partial charge < -0.3 is 14.2 Å². The molecule has 1 aliphatic rings. The molecule has 0 fully saturated rings. The van der Waals surface area contributed by atoms with Crippen LogP contribution in [0, 0.1) is 6.92 Å². The molecule has 0 bridgehead atoms. The topological polar surface area (TPSA) is 47.4 Å². The minimum absolute atomic E-state index is 0.383. The summed E-state index contributed by atoms with van der Waals surface area (Å²) < 4.78 is 8.06. The number of anilines is 2. The summed E-state index contributed by atoms with van der Waals surface area (Å²) in [4.78, 5) is 19.2. The summed E-state index contributed by atoms with van der Waals surface area (Å²) in [6.45, 7) is 3.72. The van der Waals surface area contributed by atoms with E-state index in [-0.39, 0.29) is 5.97 Å². The molecule has 7 heteroatoms. The molecule has 0 atom stereocenters. The molecule has 3 aromatic rings. The van der Waals surface area contributed by atoms with Crippen molar-refractivity contribution in [2.75, 3.05) is 18.6 Å². The van der Waals surface area contributed by atoms with Crippen LogP contribution in [0.25, 0.3) is 11.0 Å². The third kappa shape index (κ3) is 2.68. The number of methoxy groups -OCH3 is 1. The molecule has 0 unspecified atom stereocenters. The molecule has 0 aliphatic carbocycles. The lowest BCUT2D eigenvalue weighted by Crippen LogP contribution is -2.29. The minimum Gasteiger partial charge on any atom is -0.465 e. The zero-order valence-electron chi connectivity index (χ0n) is 14.4. The molecule has 0 N–H and O–H groups in total. The zero-order valence-corrected chi connectivity index (χ0v) is 16.8. The number of fused-ring (bicyclic) bond motifs is 3. The quantitative estimate of drug-likeness (QED) is 0.527. The number of hydrogen-bond acceptors (Lipinski definition) is 4. The minimum atomic E-state index is -0.383. The van der Waals surface area contributed by atoms with Gasteiger partial charge in [0.15, 0.2) is 0 Å². The summed E-state index contributed by atoms with van der Waals surface area (Å²) in [7, 11) is 1.38. The van der Waals surface area contributed by atoms with Gasteiger partial charge in [0.25, 0.3) is 0 Å². The molecule has 0 saturated heterocycles. The molecule has 0 spiro atoms. The smallest absolute Gasteiger partial charge is 0.340 e. The van der Waals surface area contributed by atoms with Crippen molar-refractivity contribution in [2.24, 2.45) is 0 Å². The van der Waals surface area contributed by atoms with E-state index in [4.69, 9.17) is 21.3 Å². The molecule has 0 amide bonds. The summed E-state index contributed by atoms with van der Waals surface area (Å²) in [6, 6.07) is 9.59. The normalized spacial score (nSPS) is 13.8. The van der Waals surface area contributed by atoms with Gasteiger partial charge in [-0.15, -0.1) is 0 Å². The van der Waals surface area contributed by atoms with Crippen molar-refractivity contribution in [3.05, 3.63) is 51.0 Å². The Morgan fingerprint density at radius 1 is 1.27 bits per heavy atom. The molecular formula is C19H17BrClN3O2. The summed E-state index contributed by atoms with van der Waals surface area (Å²) in [5, 5.41) is 0.530. The third-order valence-electron chi connectivity index (χ3n) is 4.68. The highest BCUT2D eigenvalue weighted by Gasteiger charge is 2.27. The maximum absolute atomic E-state index is 12.2. The van der Waals surface area contributed by atoms with Crippen LogP contribution in [-0.4, -0.2) is 29.2 Å². The Balaban J connectivity index is 1.96. The van der Waals surface area contributed by atoms with Gasteiger partial charge in [0.05, 0.1) is 23.2 Å². The van der Waals surface area contributed by atoms with Gasteiger partial charge >= 0.3 is 5.97 Å². The van der Waals surface area contributed by atoms with Crippen LogP contribution in [0.2, 0.25) is 5.02 Å². The Morgan fingerprint density at radius 3 is 2.81 bits per heavy atom. The summed E-state index contributed by atoms with van der Waals surface area (Å²) >= 11 is 9.90. The van der Waals surface area contributed by atoms with Crippen molar-refractivity contribution in [1.82, 2.24) is 9.55 Å². The number of rotatable bonds is 2. The van der Waals surface area contributed by atoms with Gasteiger partial charge in [0.2, 0.25) is 5.95 Å². The molecule has 134 valence electrons. The van der Waals surface area contributed by atoms with Crippen molar-refractivity contribution in [2.45, 2.75) is 19.9 Å². The number of halogens is 2. The molecule has 26 heavy (non-hydrogen) atoms. The first-order valence-corrected chi connectivity index (χ1v) is 9.49. The van der Waals surface area contributed by atoms with Gasteiger partial charge in [-0.3, -0.25) is 0 Å². The maximum Gasteiger partial charge on any atom is 0.340 e. The highest BCUT2D eigenvalue weighted by Crippen LogP contribution is 2.37. The van der Waals surface area contributed by atoms with E-state index in [1.165, 1.54) is 7.11 Å². The van der Waals surface area contributed by atoms with Crippen LogP contribution in [-0.2, 0) is 11.3 Å². The second-order valence-electron chi connectivity index (χ2n) is 6.28. The Labute approximate surface area is 164 Å². The molecule has 1 aromatic heterocycles. The van der Waals surface area contributed by atoms with E-state index >= 15 is 0 Å². The first-order valence-electron chi connectivity index (χ1n) is 8.32. The van der Waals surface area contributed by atoms with Crippen molar-refractivity contribution in [3.8, 4) is 0 Å². The van der Waals surface area contributed by atoms with Crippen LogP contribution in [0.5, 0.6) is 0 Å². The van der Waals surface area contributed by atoms with E-state index in [0.717, 1.165) is 46.7 Å². The van der Waals surface area contributed by atoms with E-state index in [1.807, 2.05) is 6.07 Å². The highest BCUT2D eigenvalue weighted by atomic mass is 79.9. The van der Waals surface area contributed by atoms with E-state index in [1.54, 1.807) is 12.1 Å². The number of imidazole rings is 1. The predicted molar refractivity (Wildman–Crippen MR) is 107 cm³/mol. The van der Waals surface area contributed by atoms with Crippen LogP contribution in [0.3, 0.4) is 0 Å². The molecule has 0 radical (unpaired) electrons. The number of aryl methyl sites for hydroxylation is 2. The summed E-state index contributed by atoms with van der Waals surface area (Å²) in [5.41, 5.74) is 4.10. The number of carbonyl (C=O) groups is 1. The fraction of sp³-hybridized carbons (Fsp3) is 0.263. The number of nitrogens with zero attached hydrogens (tertiary/aromatic N) is 3. The Morgan fingerprint density at radius 2 is 2.08 bits per heavy atom. The van der Waals surface area contributed by atoms with Crippen LogP contribution in [0.1, 0.15) is 22.3 Å². The van der Waals surface area contributed by atoms with Crippen molar-refractivity contribution in [3.63, 3.8) is 0 Å². The van der Waals surface area contributed by atoms with E-state index < -0.39 is 0 Å². The predicted octanol–water partition coefficient (Wildman–Crippen LogP) is 5.09. The number of benzene rings is 2. The monoisotopic (exact) mass is 433 g/mol. The van der Waals surface area contributed by atoms with E-state index in [0.29, 0.717) is 16.1 Å². The van der Waals surface area contributed by atoms with Gasteiger partial charge in [-0.05, 0) is 49.2 Å². The zero-order chi connectivity index (χ0) is 18.4. The first-order chi connectivity index (χ1) is 12.5. The molecule has 4 rings (SSSR count). The lowest BCUT2D eigenvalue weighted by molar-refractivity contribution is 0.0602. The molecule has 5 nitrogen and oxygen atoms in total. The SMILES string of the molecule is COC(=O)c1ccc(Cl)c2nc3n(c12)CCCN3c1ccc(Br)cc1C. The number of ether oxygens (including phenoxy) is 1. The van der Waals surface area contributed by atoms with Crippen molar-refractivity contribution >= 4 is 56.2 Å². The van der Waals surface area contributed by atoms with Crippen LogP contribution in [0.4, 0.5) is 11.6 Å². The van der Waals surface area contributed by atoms with Crippen molar-refractivity contribution < 1.29 is 9.53 Å². The van der Waals surface area contributed by atoms with Gasteiger partial charge in [0, 0.05) is 23.2 Å². The Bertz CT molecular complexity index is 1030. The average Bonchev–Trinajstić information content (AvgIpc) is 3.02. The lowest BCUT2D eigenvalue weighted by atomic mass is 10.1. The highest BCUT2D eigenvalue weighted by molar-refractivity contribution is 9.10. The number of carbonyl (C=O) groups excluding carboxylic acids is 1. The van der Waals surface area contributed by atoms with Gasteiger partial charge in [-0.25, -0.2) is 9.78 Å². The lowest BCUT2D eigenvalue weighted by Gasteiger charge is -2.30. The molecule has 1 aliphatic heterocycles. The van der Waals surface area contributed by atoms with Crippen LogP contribution >= 0.6 is 27.5 Å². The molecule has 2 heterocycles. The average molecular weight is 435 g/mol. The van der Waals surface area contributed by atoms with E-state index in [2.05, 4.69) is 44.5 Å². The van der Waals surface area contributed by atoms with Gasteiger partial charge in [-0.1, -0.05) is 27.5 Å². The third-order valence-corrected chi connectivity index (χ3v) is 5.48. The largest absolute Gasteiger partial charge is 0.465 e. The van der Waals surface area contributed by atoms with E-state index in [9.17, 15) is 4.79 Å². The maximum atomic E-state index is 12.2. The van der Waals surface area contributed by atoms with Gasteiger partial charge in [-0.2, -0.15) is 0 Å². The Kier molecular flexibility index (Phi) is 4.40. The fourth-order valence-electron chi connectivity index (χ4n) is 3.52. The van der Waals surface area contributed by atoms with Crippen LogP contribution < -0.4 is 4.90 Å².